The van der Waals surface area contributed by atoms with Crippen molar-refractivity contribution in [2.45, 2.75) is 32.1 Å². The van der Waals surface area contributed by atoms with Crippen LogP contribution in [0.2, 0.25) is 5.02 Å². The highest BCUT2D eigenvalue weighted by Crippen LogP contribution is 2.25. The number of nitrogens with zero attached hydrogens (tertiary/aromatic N) is 3. The number of aromatic nitrogens is 2. The van der Waals surface area contributed by atoms with Gasteiger partial charge in [0.05, 0.1) is 5.92 Å². The summed E-state index contributed by atoms with van der Waals surface area (Å²) in [4.78, 5) is 18.5. The van der Waals surface area contributed by atoms with E-state index in [0.29, 0.717) is 29.8 Å². The maximum Gasteiger partial charge on any atom is 0.317 e. The first-order valence-electron chi connectivity index (χ1n) is 8.19. The van der Waals surface area contributed by atoms with E-state index in [1.165, 1.54) is 0 Å². The first-order valence-corrected chi connectivity index (χ1v) is 8.57. The van der Waals surface area contributed by atoms with Gasteiger partial charge in [-0.15, -0.1) is 0 Å². The van der Waals surface area contributed by atoms with Crippen molar-refractivity contribution < 1.29 is 9.32 Å². The number of nitrogens with one attached hydrogen (secondary N) is 1. The molecule has 0 bridgehead atoms. The Morgan fingerprint density at radius 3 is 3.12 bits per heavy atom. The number of hydrogen-bond acceptors (Lipinski definition) is 4. The molecule has 6 nitrogen and oxygen atoms in total. The number of urea groups is 1. The van der Waals surface area contributed by atoms with Crippen LogP contribution < -0.4 is 5.32 Å². The van der Waals surface area contributed by atoms with E-state index in [1.54, 1.807) is 6.92 Å². The van der Waals surface area contributed by atoms with Crippen LogP contribution in [0, 0.1) is 6.92 Å². The minimum Gasteiger partial charge on any atom is -0.339 e. The number of amides is 2. The summed E-state index contributed by atoms with van der Waals surface area (Å²) in [5.41, 5.74) is 1.11. The first kappa shape index (κ1) is 16.8. The van der Waals surface area contributed by atoms with Crippen molar-refractivity contribution in [3.63, 3.8) is 0 Å². The van der Waals surface area contributed by atoms with E-state index >= 15 is 0 Å². The van der Waals surface area contributed by atoms with E-state index in [0.717, 1.165) is 31.4 Å². The number of likely N-dealkylation sites (tertiary alicyclic amines) is 1. The van der Waals surface area contributed by atoms with Crippen LogP contribution in [-0.4, -0.2) is 40.7 Å². The topological polar surface area (TPSA) is 71.3 Å². The zero-order chi connectivity index (χ0) is 16.9. The summed E-state index contributed by atoms with van der Waals surface area (Å²) in [5, 5.41) is 7.53. The standard InChI is InChI=1S/C17H21ClN4O2/c1-12-20-16(24-21-12)14-5-3-9-22(11-14)17(23)19-8-7-13-4-2-6-15(18)10-13/h2,4,6,10,14H,3,5,7-9,11H2,1H3,(H,19,23)/t14-/m1/s1. The van der Waals surface area contributed by atoms with Crippen molar-refractivity contribution in [1.82, 2.24) is 20.4 Å². The van der Waals surface area contributed by atoms with Gasteiger partial charge in [0.15, 0.2) is 5.82 Å². The molecule has 1 atom stereocenters. The third-order valence-corrected chi connectivity index (χ3v) is 4.42. The van der Waals surface area contributed by atoms with E-state index < -0.39 is 0 Å². The second kappa shape index (κ2) is 7.66. The molecule has 1 aliphatic rings. The summed E-state index contributed by atoms with van der Waals surface area (Å²) in [6.07, 6.45) is 2.66. The molecule has 2 aromatic rings. The minimum atomic E-state index is -0.0436. The SMILES string of the molecule is Cc1noc([C@@H]2CCCN(C(=O)NCCc3cccc(Cl)c3)C2)n1. The molecule has 2 heterocycles. The molecular formula is C17H21ClN4O2. The maximum atomic E-state index is 12.4. The van der Waals surface area contributed by atoms with Gasteiger partial charge in [-0.25, -0.2) is 4.79 Å². The zero-order valence-electron chi connectivity index (χ0n) is 13.7. The summed E-state index contributed by atoms with van der Waals surface area (Å²) < 4.78 is 5.25. The molecular weight excluding hydrogens is 328 g/mol. The monoisotopic (exact) mass is 348 g/mol. The number of rotatable bonds is 4. The van der Waals surface area contributed by atoms with Gasteiger partial charge < -0.3 is 14.7 Å². The third kappa shape index (κ3) is 4.26. The second-order valence-electron chi connectivity index (χ2n) is 6.08. The van der Waals surface area contributed by atoms with Crippen molar-refractivity contribution in [3.05, 3.63) is 46.6 Å². The van der Waals surface area contributed by atoms with Gasteiger partial charge in [0, 0.05) is 24.7 Å². The zero-order valence-corrected chi connectivity index (χ0v) is 14.4. The van der Waals surface area contributed by atoms with Gasteiger partial charge in [0.1, 0.15) is 0 Å². The molecule has 0 spiro atoms. The fourth-order valence-electron chi connectivity index (χ4n) is 2.96. The maximum absolute atomic E-state index is 12.4. The number of halogens is 1. The van der Waals surface area contributed by atoms with Crippen molar-refractivity contribution in [3.8, 4) is 0 Å². The number of aryl methyl sites for hydroxylation is 1. The molecule has 1 fully saturated rings. The van der Waals surface area contributed by atoms with E-state index in [-0.39, 0.29) is 11.9 Å². The molecule has 0 radical (unpaired) electrons. The molecule has 1 aromatic heterocycles. The lowest BCUT2D eigenvalue weighted by atomic mass is 9.98. The molecule has 3 rings (SSSR count). The molecule has 0 unspecified atom stereocenters. The van der Waals surface area contributed by atoms with E-state index in [9.17, 15) is 4.79 Å². The Morgan fingerprint density at radius 1 is 1.50 bits per heavy atom. The Labute approximate surface area is 146 Å². The Hall–Kier alpha value is -2.08. The largest absolute Gasteiger partial charge is 0.339 e. The predicted molar refractivity (Wildman–Crippen MR) is 91.1 cm³/mol. The average molecular weight is 349 g/mol. The van der Waals surface area contributed by atoms with E-state index in [2.05, 4.69) is 15.5 Å². The molecule has 0 aliphatic carbocycles. The van der Waals surface area contributed by atoms with Crippen molar-refractivity contribution in [2.75, 3.05) is 19.6 Å². The van der Waals surface area contributed by atoms with E-state index in [1.807, 2.05) is 29.2 Å². The van der Waals surface area contributed by atoms with Crippen molar-refractivity contribution >= 4 is 17.6 Å². The summed E-state index contributed by atoms with van der Waals surface area (Å²) in [5.74, 6) is 1.38. The molecule has 1 aromatic carbocycles. The number of benzene rings is 1. The Bertz CT molecular complexity index is 703. The van der Waals surface area contributed by atoms with Crippen LogP contribution >= 0.6 is 11.6 Å². The highest BCUT2D eigenvalue weighted by Gasteiger charge is 2.28. The summed E-state index contributed by atoms with van der Waals surface area (Å²) >= 11 is 5.97. The molecule has 1 saturated heterocycles. The molecule has 1 aliphatic heterocycles. The smallest absolute Gasteiger partial charge is 0.317 e. The molecule has 0 saturated carbocycles. The van der Waals surface area contributed by atoms with Crippen LogP contribution in [0.25, 0.3) is 0 Å². The van der Waals surface area contributed by atoms with Crippen LogP contribution in [0.3, 0.4) is 0 Å². The third-order valence-electron chi connectivity index (χ3n) is 4.18. The van der Waals surface area contributed by atoms with Crippen LogP contribution in [0.15, 0.2) is 28.8 Å². The summed E-state index contributed by atoms with van der Waals surface area (Å²) in [6, 6.07) is 7.64. The van der Waals surface area contributed by atoms with Gasteiger partial charge in [-0.3, -0.25) is 0 Å². The lowest BCUT2D eigenvalue weighted by Gasteiger charge is -2.31. The van der Waals surface area contributed by atoms with Gasteiger partial charge in [-0.1, -0.05) is 28.9 Å². The van der Waals surface area contributed by atoms with Crippen molar-refractivity contribution in [1.29, 1.82) is 0 Å². The first-order chi connectivity index (χ1) is 11.6. The summed E-state index contributed by atoms with van der Waals surface area (Å²) in [7, 11) is 0. The molecule has 2 amide bonds. The Kier molecular flexibility index (Phi) is 5.35. The van der Waals surface area contributed by atoms with Gasteiger partial charge in [-0.05, 0) is 43.9 Å². The predicted octanol–water partition coefficient (Wildman–Crippen LogP) is 3.16. The Balaban J connectivity index is 1.49. The normalized spacial score (nSPS) is 17.8. The fourth-order valence-corrected chi connectivity index (χ4v) is 3.17. The van der Waals surface area contributed by atoms with Crippen LogP contribution in [-0.2, 0) is 6.42 Å². The minimum absolute atomic E-state index is 0.0436. The number of carbonyl (C=O) groups excluding carboxylic acids is 1. The van der Waals surface area contributed by atoms with Crippen LogP contribution in [0.4, 0.5) is 4.79 Å². The number of carbonyl (C=O) groups is 1. The molecule has 128 valence electrons. The second-order valence-corrected chi connectivity index (χ2v) is 6.51. The molecule has 7 heteroatoms. The van der Waals surface area contributed by atoms with E-state index in [4.69, 9.17) is 16.1 Å². The number of piperidine rings is 1. The fraction of sp³-hybridized carbons (Fsp3) is 0.471. The quantitative estimate of drug-likeness (QED) is 0.921. The number of hydrogen-bond donors (Lipinski definition) is 1. The lowest BCUT2D eigenvalue weighted by Crippen LogP contribution is -2.45. The van der Waals surface area contributed by atoms with Gasteiger partial charge >= 0.3 is 6.03 Å². The summed E-state index contributed by atoms with van der Waals surface area (Å²) in [6.45, 7) is 3.76. The van der Waals surface area contributed by atoms with Gasteiger partial charge in [0.25, 0.3) is 0 Å². The van der Waals surface area contributed by atoms with Gasteiger partial charge in [0.2, 0.25) is 5.89 Å². The Morgan fingerprint density at radius 2 is 2.38 bits per heavy atom. The molecule has 1 N–H and O–H groups in total. The van der Waals surface area contributed by atoms with Crippen molar-refractivity contribution in [2.24, 2.45) is 0 Å². The highest BCUT2D eigenvalue weighted by molar-refractivity contribution is 6.30. The lowest BCUT2D eigenvalue weighted by molar-refractivity contribution is 0.172. The highest BCUT2D eigenvalue weighted by atomic mass is 35.5. The average Bonchev–Trinajstić information content (AvgIpc) is 3.01. The van der Waals surface area contributed by atoms with Crippen LogP contribution in [0.1, 0.15) is 36.0 Å². The molecule has 24 heavy (non-hydrogen) atoms. The van der Waals surface area contributed by atoms with Crippen LogP contribution in [0.5, 0.6) is 0 Å². The van der Waals surface area contributed by atoms with Gasteiger partial charge in [-0.2, -0.15) is 4.98 Å².